The molecule has 2 N–H and O–H groups in total. The first-order chi connectivity index (χ1) is 6.74. The molecule has 0 saturated heterocycles. The molecule has 0 bridgehead atoms. The lowest BCUT2D eigenvalue weighted by Crippen LogP contribution is -2.02. The molecule has 2 nitrogen and oxygen atoms in total. The molecule has 0 saturated carbocycles. The van der Waals surface area contributed by atoms with E-state index in [1.807, 2.05) is 6.07 Å². The summed E-state index contributed by atoms with van der Waals surface area (Å²) in [6.07, 6.45) is 1.65. The number of aliphatic hydroxyl groups is 1. The zero-order chi connectivity index (χ0) is 10.4. The molecular weight excluding hydrogens is 249 g/mol. The largest absolute Gasteiger partial charge is 0.396 e. The number of hydrogen-bond donors (Lipinski definition) is 2. The van der Waals surface area contributed by atoms with Crippen LogP contribution in [0.15, 0.2) is 22.7 Å². The molecule has 0 aliphatic rings. The Morgan fingerprint density at radius 2 is 2.14 bits per heavy atom. The molecule has 1 rings (SSSR count). The van der Waals surface area contributed by atoms with E-state index in [0.717, 1.165) is 25.1 Å². The van der Waals surface area contributed by atoms with Gasteiger partial charge in [-0.25, -0.2) is 4.39 Å². The lowest BCUT2D eigenvalue weighted by atomic mass is 10.3. The Morgan fingerprint density at radius 3 is 2.79 bits per heavy atom. The molecule has 0 aliphatic heterocycles. The van der Waals surface area contributed by atoms with E-state index in [1.165, 1.54) is 6.07 Å². The van der Waals surface area contributed by atoms with Crippen LogP contribution in [0.4, 0.5) is 10.1 Å². The van der Waals surface area contributed by atoms with Crippen molar-refractivity contribution in [1.29, 1.82) is 0 Å². The van der Waals surface area contributed by atoms with E-state index < -0.39 is 0 Å². The molecule has 1 aromatic carbocycles. The van der Waals surface area contributed by atoms with E-state index >= 15 is 0 Å². The highest BCUT2D eigenvalue weighted by Crippen LogP contribution is 2.19. The van der Waals surface area contributed by atoms with E-state index in [9.17, 15) is 4.39 Å². The Kier molecular flexibility index (Phi) is 4.90. The third-order valence-electron chi connectivity index (χ3n) is 1.83. The zero-order valence-corrected chi connectivity index (χ0v) is 9.35. The van der Waals surface area contributed by atoms with E-state index in [-0.39, 0.29) is 12.4 Å². The number of anilines is 1. The molecule has 1 aromatic rings. The van der Waals surface area contributed by atoms with Gasteiger partial charge in [0.15, 0.2) is 0 Å². The van der Waals surface area contributed by atoms with Crippen molar-refractivity contribution >= 4 is 21.6 Å². The Morgan fingerprint density at radius 1 is 1.36 bits per heavy atom. The van der Waals surface area contributed by atoms with Crippen molar-refractivity contribution in [2.24, 2.45) is 0 Å². The molecule has 0 fully saturated rings. The van der Waals surface area contributed by atoms with Gasteiger partial charge in [-0.3, -0.25) is 0 Å². The summed E-state index contributed by atoms with van der Waals surface area (Å²) in [7, 11) is 0. The van der Waals surface area contributed by atoms with Crippen LogP contribution in [0.3, 0.4) is 0 Å². The quantitative estimate of drug-likeness (QED) is 0.800. The fourth-order valence-corrected chi connectivity index (χ4v) is 1.32. The summed E-state index contributed by atoms with van der Waals surface area (Å²) in [5, 5.41) is 11.6. The van der Waals surface area contributed by atoms with E-state index in [2.05, 4.69) is 21.2 Å². The van der Waals surface area contributed by atoms with Crippen LogP contribution >= 0.6 is 15.9 Å². The number of aliphatic hydroxyl groups excluding tert-OH is 1. The second-order valence-corrected chi connectivity index (χ2v) is 3.84. The molecule has 4 heteroatoms. The first kappa shape index (κ1) is 11.5. The Balaban J connectivity index is 2.39. The summed E-state index contributed by atoms with van der Waals surface area (Å²) < 4.78 is 13.5. The molecule has 0 aromatic heterocycles. The minimum Gasteiger partial charge on any atom is -0.396 e. The van der Waals surface area contributed by atoms with Gasteiger partial charge in [-0.15, -0.1) is 0 Å². The van der Waals surface area contributed by atoms with E-state index in [1.54, 1.807) is 6.07 Å². The fourth-order valence-electron chi connectivity index (χ4n) is 1.08. The second-order valence-electron chi connectivity index (χ2n) is 2.99. The van der Waals surface area contributed by atoms with Crippen LogP contribution in [0, 0.1) is 5.82 Å². The van der Waals surface area contributed by atoms with Crippen LogP contribution in [-0.4, -0.2) is 18.3 Å². The highest BCUT2D eigenvalue weighted by Gasteiger charge is 1.99. The molecule has 0 atom stereocenters. The molecule has 0 aliphatic carbocycles. The molecule has 0 amide bonds. The topological polar surface area (TPSA) is 32.3 Å². The Hall–Kier alpha value is -0.610. The summed E-state index contributed by atoms with van der Waals surface area (Å²) in [5.41, 5.74) is 0.767. The van der Waals surface area contributed by atoms with Crippen molar-refractivity contribution in [2.75, 3.05) is 18.5 Å². The maximum atomic E-state index is 13.0. The average molecular weight is 262 g/mol. The lowest BCUT2D eigenvalue weighted by Gasteiger charge is -2.05. The predicted molar refractivity (Wildman–Crippen MR) is 58.9 cm³/mol. The Bertz CT molecular complexity index is 293. The standard InChI is InChI=1S/C10H13BrFNO/c11-9-4-3-8(7-10(9)12)13-5-1-2-6-14/h3-4,7,13-14H,1-2,5-6H2. The summed E-state index contributed by atoms with van der Waals surface area (Å²) >= 11 is 3.09. The van der Waals surface area contributed by atoms with Crippen LogP contribution in [0.5, 0.6) is 0 Å². The highest BCUT2D eigenvalue weighted by molar-refractivity contribution is 9.10. The maximum absolute atomic E-state index is 13.0. The fraction of sp³-hybridized carbons (Fsp3) is 0.400. The molecule has 0 unspecified atom stereocenters. The monoisotopic (exact) mass is 261 g/mol. The summed E-state index contributed by atoms with van der Waals surface area (Å²) in [4.78, 5) is 0. The minimum absolute atomic E-state index is 0.205. The zero-order valence-electron chi connectivity index (χ0n) is 7.76. The SMILES string of the molecule is OCCCCNc1ccc(Br)c(F)c1. The molecule has 14 heavy (non-hydrogen) atoms. The first-order valence-electron chi connectivity index (χ1n) is 4.54. The Labute approximate surface area is 91.3 Å². The third-order valence-corrected chi connectivity index (χ3v) is 2.48. The van der Waals surface area contributed by atoms with Gasteiger partial charge in [0.05, 0.1) is 4.47 Å². The molecular formula is C10H13BrFNO. The van der Waals surface area contributed by atoms with Crippen LogP contribution in [0.25, 0.3) is 0 Å². The molecule has 0 heterocycles. The van der Waals surface area contributed by atoms with Gasteiger partial charge in [-0.05, 0) is 47.0 Å². The number of nitrogens with one attached hydrogen (secondary N) is 1. The summed E-state index contributed by atoms with van der Waals surface area (Å²) in [6.45, 7) is 0.956. The van der Waals surface area contributed by atoms with Gasteiger partial charge in [0.2, 0.25) is 0 Å². The number of benzene rings is 1. The predicted octanol–water partition coefficient (Wildman–Crippen LogP) is 2.77. The second kappa shape index (κ2) is 5.98. The normalized spacial score (nSPS) is 10.2. The van der Waals surface area contributed by atoms with Gasteiger partial charge in [0.25, 0.3) is 0 Å². The van der Waals surface area contributed by atoms with Gasteiger partial charge in [-0.2, -0.15) is 0 Å². The van der Waals surface area contributed by atoms with Crippen LogP contribution in [0.1, 0.15) is 12.8 Å². The van der Waals surface area contributed by atoms with Crippen molar-refractivity contribution in [2.45, 2.75) is 12.8 Å². The number of halogens is 2. The van der Waals surface area contributed by atoms with Gasteiger partial charge < -0.3 is 10.4 Å². The first-order valence-corrected chi connectivity index (χ1v) is 5.33. The third kappa shape index (κ3) is 3.64. The molecule has 0 spiro atoms. The van der Waals surface area contributed by atoms with Crippen molar-refractivity contribution < 1.29 is 9.50 Å². The van der Waals surface area contributed by atoms with Crippen molar-refractivity contribution in [1.82, 2.24) is 0 Å². The number of rotatable bonds is 5. The summed E-state index contributed by atoms with van der Waals surface area (Å²) in [5.74, 6) is -0.267. The van der Waals surface area contributed by atoms with Gasteiger partial charge >= 0.3 is 0 Å². The average Bonchev–Trinajstić information content (AvgIpc) is 2.18. The van der Waals surface area contributed by atoms with Gasteiger partial charge in [0.1, 0.15) is 5.82 Å². The lowest BCUT2D eigenvalue weighted by molar-refractivity contribution is 0.286. The minimum atomic E-state index is -0.267. The summed E-state index contributed by atoms with van der Waals surface area (Å²) in [6, 6.07) is 4.93. The molecule has 78 valence electrons. The molecule has 0 radical (unpaired) electrons. The van der Waals surface area contributed by atoms with Crippen LogP contribution in [0.2, 0.25) is 0 Å². The van der Waals surface area contributed by atoms with Crippen molar-refractivity contribution in [3.63, 3.8) is 0 Å². The smallest absolute Gasteiger partial charge is 0.139 e. The van der Waals surface area contributed by atoms with E-state index in [4.69, 9.17) is 5.11 Å². The number of hydrogen-bond acceptors (Lipinski definition) is 2. The van der Waals surface area contributed by atoms with Crippen molar-refractivity contribution in [3.05, 3.63) is 28.5 Å². The maximum Gasteiger partial charge on any atom is 0.139 e. The van der Waals surface area contributed by atoms with Crippen molar-refractivity contribution in [3.8, 4) is 0 Å². The van der Waals surface area contributed by atoms with Crippen LogP contribution in [-0.2, 0) is 0 Å². The van der Waals surface area contributed by atoms with E-state index in [0.29, 0.717) is 4.47 Å². The number of unbranched alkanes of at least 4 members (excludes halogenated alkanes) is 1. The van der Waals surface area contributed by atoms with Gasteiger partial charge in [-0.1, -0.05) is 0 Å². The highest BCUT2D eigenvalue weighted by atomic mass is 79.9. The van der Waals surface area contributed by atoms with Gasteiger partial charge in [0, 0.05) is 18.8 Å². The van der Waals surface area contributed by atoms with Crippen LogP contribution < -0.4 is 5.32 Å².